The van der Waals surface area contributed by atoms with Gasteiger partial charge >= 0.3 is 0 Å². The number of anilines is 1. The van der Waals surface area contributed by atoms with Crippen LogP contribution >= 0.6 is 11.6 Å². The number of halogens is 1. The molecule has 1 aliphatic rings. The summed E-state index contributed by atoms with van der Waals surface area (Å²) in [5.41, 5.74) is 2.20. The minimum absolute atomic E-state index is 0.0583. The molecule has 0 aliphatic carbocycles. The van der Waals surface area contributed by atoms with E-state index in [9.17, 15) is 4.79 Å². The Morgan fingerprint density at radius 2 is 1.88 bits per heavy atom. The molecule has 2 aromatic rings. The van der Waals surface area contributed by atoms with E-state index in [1.54, 1.807) is 12.4 Å². The van der Waals surface area contributed by atoms with Gasteiger partial charge in [-0.1, -0.05) is 17.7 Å². The molecular formula is C18H21ClN4O. The predicted molar refractivity (Wildman–Crippen MR) is 96.2 cm³/mol. The zero-order valence-electron chi connectivity index (χ0n) is 13.5. The predicted octanol–water partition coefficient (Wildman–Crippen LogP) is 2.17. The number of amides is 1. The Kier molecular flexibility index (Phi) is 5.67. The maximum absolute atomic E-state index is 12.1. The number of nitrogens with one attached hydrogen (secondary N) is 1. The Balaban J connectivity index is 1.42. The summed E-state index contributed by atoms with van der Waals surface area (Å²) >= 11 is 6.05. The van der Waals surface area contributed by atoms with Crippen LogP contribution in [0.3, 0.4) is 0 Å². The summed E-state index contributed by atoms with van der Waals surface area (Å²) in [5.74, 6) is 0.0583. The number of benzene rings is 1. The molecule has 0 radical (unpaired) electrons. The normalized spacial score (nSPS) is 15.3. The second-order valence-electron chi connectivity index (χ2n) is 5.88. The van der Waals surface area contributed by atoms with Gasteiger partial charge in [0.25, 0.3) is 0 Å². The van der Waals surface area contributed by atoms with Crippen molar-refractivity contribution in [1.29, 1.82) is 0 Å². The third-order valence-corrected chi connectivity index (χ3v) is 4.39. The van der Waals surface area contributed by atoms with Crippen LogP contribution < -0.4 is 10.2 Å². The lowest BCUT2D eigenvalue weighted by Gasteiger charge is -2.35. The van der Waals surface area contributed by atoms with Gasteiger partial charge in [0.05, 0.1) is 6.54 Å². The van der Waals surface area contributed by atoms with Crippen LogP contribution in [-0.2, 0) is 11.3 Å². The van der Waals surface area contributed by atoms with Gasteiger partial charge < -0.3 is 10.2 Å². The van der Waals surface area contributed by atoms with E-state index in [0.717, 1.165) is 42.5 Å². The molecule has 1 fully saturated rings. The summed E-state index contributed by atoms with van der Waals surface area (Å²) in [6.45, 7) is 4.53. The number of carbonyl (C=O) groups excluding carboxylic acids is 1. The van der Waals surface area contributed by atoms with Crippen molar-refractivity contribution in [3.8, 4) is 0 Å². The van der Waals surface area contributed by atoms with Gasteiger partial charge in [0, 0.05) is 55.8 Å². The molecule has 1 saturated heterocycles. The molecule has 24 heavy (non-hydrogen) atoms. The van der Waals surface area contributed by atoms with Gasteiger partial charge in [-0.05, 0) is 35.9 Å². The van der Waals surface area contributed by atoms with Crippen molar-refractivity contribution < 1.29 is 4.79 Å². The minimum Gasteiger partial charge on any atom is -0.369 e. The van der Waals surface area contributed by atoms with Crippen molar-refractivity contribution in [2.45, 2.75) is 6.54 Å². The molecule has 5 nitrogen and oxygen atoms in total. The first kappa shape index (κ1) is 16.7. The van der Waals surface area contributed by atoms with Gasteiger partial charge in [0.2, 0.25) is 5.91 Å². The number of carbonyl (C=O) groups is 1. The fourth-order valence-electron chi connectivity index (χ4n) is 2.80. The Hall–Kier alpha value is -2.11. The quantitative estimate of drug-likeness (QED) is 0.903. The van der Waals surface area contributed by atoms with E-state index in [0.29, 0.717) is 13.1 Å². The van der Waals surface area contributed by atoms with Crippen molar-refractivity contribution in [2.75, 3.05) is 37.6 Å². The lowest BCUT2D eigenvalue weighted by molar-refractivity contribution is -0.122. The number of nitrogens with zero attached hydrogens (tertiary/aromatic N) is 3. The lowest BCUT2D eigenvalue weighted by Crippen LogP contribution is -2.49. The van der Waals surface area contributed by atoms with E-state index in [1.807, 2.05) is 30.3 Å². The SMILES string of the molecule is O=C(CN1CCN(c2cccc(Cl)c2)CC1)NCc1ccncc1. The molecule has 1 N–H and O–H groups in total. The standard InChI is InChI=1S/C18H21ClN4O/c19-16-2-1-3-17(12-16)23-10-8-22(9-11-23)14-18(24)21-13-15-4-6-20-7-5-15/h1-7,12H,8-11,13-14H2,(H,21,24). The molecule has 3 rings (SSSR count). The fraction of sp³-hybridized carbons (Fsp3) is 0.333. The largest absolute Gasteiger partial charge is 0.369 e. The fourth-order valence-corrected chi connectivity index (χ4v) is 2.98. The summed E-state index contributed by atoms with van der Waals surface area (Å²) in [7, 11) is 0. The van der Waals surface area contributed by atoms with E-state index in [4.69, 9.17) is 11.6 Å². The van der Waals surface area contributed by atoms with Crippen LogP contribution in [0.4, 0.5) is 5.69 Å². The number of piperazine rings is 1. The Bertz CT molecular complexity index is 672. The smallest absolute Gasteiger partial charge is 0.234 e. The van der Waals surface area contributed by atoms with Crippen LogP contribution in [0.1, 0.15) is 5.56 Å². The van der Waals surface area contributed by atoms with Crippen LogP contribution in [0.5, 0.6) is 0 Å². The average molecular weight is 345 g/mol. The average Bonchev–Trinajstić information content (AvgIpc) is 2.61. The summed E-state index contributed by atoms with van der Waals surface area (Å²) in [6.07, 6.45) is 3.47. The van der Waals surface area contributed by atoms with Crippen molar-refractivity contribution >= 4 is 23.2 Å². The zero-order chi connectivity index (χ0) is 16.8. The Morgan fingerprint density at radius 3 is 2.58 bits per heavy atom. The van der Waals surface area contributed by atoms with Crippen LogP contribution in [0.2, 0.25) is 5.02 Å². The summed E-state index contributed by atoms with van der Waals surface area (Å²) in [5, 5.41) is 3.71. The molecule has 1 aromatic heterocycles. The number of rotatable bonds is 5. The van der Waals surface area contributed by atoms with E-state index in [2.05, 4.69) is 26.2 Å². The second kappa shape index (κ2) is 8.13. The molecule has 0 spiro atoms. The highest BCUT2D eigenvalue weighted by Gasteiger charge is 2.19. The summed E-state index contributed by atoms with van der Waals surface area (Å²) in [6, 6.07) is 11.7. The van der Waals surface area contributed by atoms with E-state index < -0.39 is 0 Å². The van der Waals surface area contributed by atoms with Crippen LogP contribution in [-0.4, -0.2) is 48.5 Å². The van der Waals surface area contributed by atoms with Gasteiger partial charge in [0.15, 0.2) is 0 Å². The van der Waals surface area contributed by atoms with Gasteiger partial charge in [-0.25, -0.2) is 0 Å². The number of hydrogen-bond donors (Lipinski definition) is 1. The number of aromatic nitrogens is 1. The van der Waals surface area contributed by atoms with Crippen LogP contribution in [0, 0.1) is 0 Å². The monoisotopic (exact) mass is 344 g/mol. The van der Waals surface area contributed by atoms with E-state index >= 15 is 0 Å². The lowest BCUT2D eigenvalue weighted by atomic mass is 10.2. The van der Waals surface area contributed by atoms with Gasteiger partial charge in [-0.3, -0.25) is 14.7 Å². The highest BCUT2D eigenvalue weighted by molar-refractivity contribution is 6.30. The third-order valence-electron chi connectivity index (χ3n) is 4.15. The molecule has 1 amide bonds. The molecule has 0 bridgehead atoms. The van der Waals surface area contributed by atoms with Crippen molar-refractivity contribution in [3.05, 3.63) is 59.4 Å². The molecule has 1 aromatic carbocycles. The maximum atomic E-state index is 12.1. The summed E-state index contributed by atoms with van der Waals surface area (Å²) in [4.78, 5) is 20.5. The van der Waals surface area contributed by atoms with Gasteiger partial charge in [0.1, 0.15) is 0 Å². The first-order valence-corrected chi connectivity index (χ1v) is 8.47. The number of hydrogen-bond acceptors (Lipinski definition) is 4. The maximum Gasteiger partial charge on any atom is 0.234 e. The topological polar surface area (TPSA) is 48.5 Å². The van der Waals surface area contributed by atoms with Gasteiger partial charge in [-0.15, -0.1) is 0 Å². The molecule has 0 unspecified atom stereocenters. The third kappa shape index (κ3) is 4.69. The first-order valence-electron chi connectivity index (χ1n) is 8.09. The minimum atomic E-state index is 0.0583. The highest BCUT2D eigenvalue weighted by Crippen LogP contribution is 2.20. The molecular weight excluding hydrogens is 324 g/mol. The Morgan fingerprint density at radius 1 is 1.12 bits per heavy atom. The molecule has 0 saturated carbocycles. The second-order valence-corrected chi connectivity index (χ2v) is 6.31. The molecule has 1 aliphatic heterocycles. The zero-order valence-corrected chi connectivity index (χ0v) is 14.2. The highest BCUT2D eigenvalue weighted by atomic mass is 35.5. The molecule has 0 atom stereocenters. The molecule has 126 valence electrons. The summed E-state index contributed by atoms with van der Waals surface area (Å²) < 4.78 is 0. The van der Waals surface area contributed by atoms with Crippen molar-refractivity contribution in [2.24, 2.45) is 0 Å². The van der Waals surface area contributed by atoms with E-state index in [-0.39, 0.29) is 5.91 Å². The van der Waals surface area contributed by atoms with Crippen LogP contribution in [0.15, 0.2) is 48.8 Å². The van der Waals surface area contributed by atoms with E-state index in [1.165, 1.54) is 0 Å². The van der Waals surface area contributed by atoms with Crippen molar-refractivity contribution in [1.82, 2.24) is 15.2 Å². The molecule has 2 heterocycles. The van der Waals surface area contributed by atoms with Gasteiger partial charge in [-0.2, -0.15) is 0 Å². The van der Waals surface area contributed by atoms with Crippen LogP contribution in [0.25, 0.3) is 0 Å². The molecule has 6 heteroatoms. The first-order chi connectivity index (χ1) is 11.7. The number of pyridine rings is 1. The van der Waals surface area contributed by atoms with Crippen molar-refractivity contribution in [3.63, 3.8) is 0 Å². The Labute approximate surface area is 147 Å².